The van der Waals surface area contributed by atoms with Crippen molar-refractivity contribution < 1.29 is 9.53 Å². The Morgan fingerprint density at radius 1 is 1.33 bits per heavy atom. The van der Waals surface area contributed by atoms with Gasteiger partial charge in [0.05, 0.1) is 23.8 Å². The molecule has 1 aromatic carbocycles. The van der Waals surface area contributed by atoms with Crippen LogP contribution in [-0.2, 0) is 9.53 Å². The van der Waals surface area contributed by atoms with E-state index < -0.39 is 0 Å². The number of anilines is 1. The lowest BCUT2D eigenvalue weighted by atomic mass is 10.2. The predicted octanol–water partition coefficient (Wildman–Crippen LogP) is 2.00. The predicted molar refractivity (Wildman–Crippen MR) is 80.9 cm³/mol. The fourth-order valence-electron chi connectivity index (χ4n) is 2.58. The van der Waals surface area contributed by atoms with Gasteiger partial charge < -0.3 is 10.1 Å². The molecule has 0 bridgehead atoms. The molecular formula is C16H21N3O2. The fourth-order valence-corrected chi connectivity index (χ4v) is 2.58. The first-order valence-electron chi connectivity index (χ1n) is 7.24. The summed E-state index contributed by atoms with van der Waals surface area (Å²) in [7, 11) is 0. The van der Waals surface area contributed by atoms with Crippen LogP contribution in [-0.4, -0.2) is 42.6 Å². The Morgan fingerprint density at radius 3 is 2.52 bits per heavy atom. The third-order valence-electron chi connectivity index (χ3n) is 3.45. The van der Waals surface area contributed by atoms with Crippen LogP contribution in [0.25, 0.3) is 0 Å². The van der Waals surface area contributed by atoms with Crippen LogP contribution >= 0.6 is 0 Å². The van der Waals surface area contributed by atoms with Crippen LogP contribution in [0.4, 0.5) is 5.69 Å². The number of morpholine rings is 1. The Hall–Kier alpha value is -1.90. The summed E-state index contributed by atoms with van der Waals surface area (Å²) in [4.78, 5) is 14.2. The average Bonchev–Trinajstić information content (AvgIpc) is 2.45. The zero-order chi connectivity index (χ0) is 15.2. The highest BCUT2D eigenvalue weighted by Gasteiger charge is 2.22. The maximum Gasteiger partial charge on any atom is 0.225 e. The summed E-state index contributed by atoms with van der Waals surface area (Å²) in [5, 5.41) is 11.6. The van der Waals surface area contributed by atoms with Gasteiger partial charge in [-0.2, -0.15) is 5.26 Å². The number of nitrogens with one attached hydrogen (secondary N) is 1. The molecule has 0 aliphatic carbocycles. The summed E-state index contributed by atoms with van der Waals surface area (Å²) >= 11 is 0. The molecule has 0 aromatic heterocycles. The Kier molecular flexibility index (Phi) is 5.32. The normalized spacial score (nSPS) is 22.5. The average molecular weight is 287 g/mol. The third kappa shape index (κ3) is 4.85. The first kappa shape index (κ1) is 15.5. The second kappa shape index (κ2) is 7.21. The topological polar surface area (TPSA) is 65.4 Å². The smallest absolute Gasteiger partial charge is 0.225 e. The van der Waals surface area contributed by atoms with Crippen molar-refractivity contribution in [3.8, 4) is 6.07 Å². The van der Waals surface area contributed by atoms with Gasteiger partial charge in [0.1, 0.15) is 0 Å². The van der Waals surface area contributed by atoms with Gasteiger partial charge in [0.2, 0.25) is 5.91 Å². The van der Waals surface area contributed by atoms with E-state index in [1.54, 1.807) is 24.3 Å². The van der Waals surface area contributed by atoms with Gasteiger partial charge in [-0.05, 0) is 38.1 Å². The van der Waals surface area contributed by atoms with E-state index in [1.807, 2.05) is 0 Å². The van der Waals surface area contributed by atoms with Gasteiger partial charge in [0.15, 0.2) is 0 Å². The van der Waals surface area contributed by atoms with Gasteiger partial charge in [-0.3, -0.25) is 9.69 Å². The highest BCUT2D eigenvalue weighted by atomic mass is 16.5. The molecule has 1 aromatic rings. The van der Waals surface area contributed by atoms with Crippen LogP contribution in [0.2, 0.25) is 0 Å². The SMILES string of the molecule is CC1CN(CCC(=O)Nc2ccc(C#N)cc2)CC(C)O1. The van der Waals surface area contributed by atoms with Gasteiger partial charge in [-0.15, -0.1) is 0 Å². The molecule has 0 spiro atoms. The molecular weight excluding hydrogens is 266 g/mol. The highest BCUT2D eigenvalue weighted by Crippen LogP contribution is 2.12. The summed E-state index contributed by atoms with van der Waals surface area (Å²) in [6.45, 7) is 6.59. The highest BCUT2D eigenvalue weighted by molar-refractivity contribution is 5.90. The lowest BCUT2D eigenvalue weighted by Crippen LogP contribution is -2.46. The van der Waals surface area contributed by atoms with E-state index in [0.717, 1.165) is 25.3 Å². The molecule has 5 heteroatoms. The minimum absolute atomic E-state index is 0.00787. The molecule has 1 aliphatic rings. The largest absolute Gasteiger partial charge is 0.373 e. The van der Waals surface area contributed by atoms with Crippen LogP contribution in [0.3, 0.4) is 0 Å². The van der Waals surface area contributed by atoms with E-state index in [-0.39, 0.29) is 18.1 Å². The van der Waals surface area contributed by atoms with Gasteiger partial charge in [-0.1, -0.05) is 0 Å². The first-order valence-corrected chi connectivity index (χ1v) is 7.24. The van der Waals surface area contributed by atoms with E-state index >= 15 is 0 Å². The number of hydrogen-bond acceptors (Lipinski definition) is 4. The van der Waals surface area contributed by atoms with Crippen molar-refractivity contribution in [1.29, 1.82) is 5.26 Å². The molecule has 1 amide bonds. The lowest BCUT2D eigenvalue weighted by molar-refractivity contribution is -0.117. The van der Waals surface area contributed by atoms with E-state index in [9.17, 15) is 4.79 Å². The molecule has 112 valence electrons. The molecule has 2 unspecified atom stereocenters. The van der Waals surface area contributed by atoms with Crippen LogP contribution in [0.5, 0.6) is 0 Å². The van der Waals surface area contributed by atoms with Crippen LogP contribution in [0, 0.1) is 11.3 Å². The number of carbonyl (C=O) groups excluding carboxylic acids is 1. The van der Waals surface area contributed by atoms with Crippen molar-refractivity contribution in [2.24, 2.45) is 0 Å². The maximum atomic E-state index is 11.9. The summed E-state index contributed by atoms with van der Waals surface area (Å²) < 4.78 is 5.67. The van der Waals surface area contributed by atoms with E-state index in [0.29, 0.717) is 12.0 Å². The molecule has 5 nitrogen and oxygen atoms in total. The number of ether oxygens (including phenoxy) is 1. The second-order valence-electron chi connectivity index (χ2n) is 5.50. The number of hydrogen-bond donors (Lipinski definition) is 1. The molecule has 1 heterocycles. The molecule has 1 N–H and O–H groups in total. The number of benzene rings is 1. The standard InChI is InChI=1S/C16H21N3O2/c1-12-10-19(11-13(2)21-12)8-7-16(20)18-15-5-3-14(9-17)4-6-15/h3-6,12-13H,7-8,10-11H2,1-2H3,(H,18,20). The Morgan fingerprint density at radius 2 is 1.95 bits per heavy atom. The molecule has 0 saturated carbocycles. The molecule has 21 heavy (non-hydrogen) atoms. The van der Waals surface area contributed by atoms with E-state index in [2.05, 4.69) is 30.1 Å². The first-order chi connectivity index (χ1) is 10.1. The number of carbonyl (C=O) groups is 1. The van der Waals surface area contributed by atoms with Crippen LogP contribution < -0.4 is 5.32 Å². The van der Waals surface area contributed by atoms with Crippen molar-refractivity contribution in [1.82, 2.24) is 4.90 Å². The Bertz CT molecular complexity index is 511. The van der Waals surface area contributed by atoms with Gasteiger partial charge in [-0.25, -0.2) is 0 Å². The van der Waals surface area contributed by atoms with Crippen LogP contribution in [0.1, 0.15) is 25.8 Å². The summed E-state index contributed by atoms with van der Waals surface area (Å²) in [5.74, 6) is -0.00787. The lowest BCUT2D eigenvalue weighted by Gasteiger charge is -2.35. The van der Waals surface area contributed by atoms with Crippen molar-refractivity contribution in [2.75, 3.05) is 25.0 Å². The summed E-state index contributed by atoms with van der Waals surface area (Å²) in [5.41, 5.74) is 1.31. The molecule has 1 aliphatic heterocycles. The second-order valence-corrected chi connectivity index (χ2v) is 5.50. The van der Waals surface area contributed by atoms with Crippen LogP contribution in [0.15, 0.2) is 24.3 Å². The van der Waals surface area contributed by atoms with E-state index in [4.69, 9.17) is 10.00 Å². The van der Waals surface area contributed by atoms with Gasteiger partial charge >= 0.3 is 0 Å². The van der Waals surface area contributed by atoms with Crippen molar-refractivity contribution in [3.05, 3.63) is 29.8 Å². The molecule has 0 radical (unpaired) electrons. The number of amides is 1. The molecule has 1 saturated heterocycles. The van der Waals surface area contributed by atoms with Gasteiger partial charge in [0, 0.05) is 31.7 Å². The van der Waals surface area contributed by atoms with Gasteiger partial charge in [0.25, 0.3) is 0 Å². The molecule has 1 fully saturated rings. The Balaban J connectivity index is 1.78. The van der Waals surface area contributed by atoms with Crippen molar-refractivity contribution in [3.63, 3.8) is 0 Å². The summed E-state index contributed by atoms with van der Waals surface area (Å²) in [6.07, 6.45) is 0.894. The number of nitriles is 1. The fraction of sp³-hybridized carbons (Fsp3) is 0.500. The Labute approximate surface area is 125 Å². The quantitative estimate of drug-likeness (QED) is 0.920. The monoisotopic (exact) mass is 287 g/mol. The van der Waals surface area contributed by atoms with Crippen molar-refractivity contribution >= 4 is 11.6 Å². The minimum Gasteiger partial charge on any atom is -0.373 e. The number of rotatable bonds is 4. The van der Waals surface area contributed by atoms with Crippen molar-refractivity contribution in [2.45, 2.75) is 32.5 Å². The van der Waals surface area contributed by atoms with E-state index in [1.165, 1.54) is 0 Å². The molecule has 2 atom stereocenters. The zero-order valence-electron chi connectivity index (χ0n) is 12.5. The number of nitrogens with zero attached hydrogens (tertiary/aromatic N) is 2. The minimum atomic E-state index is -0.00787. The maximum absolute atomic E-state index is 11.9. The third-order valence-corrected chi connectivity index (χ3v) is 3.45. The zero-order valence-corrected chi connectivity index (χ0v) is 12.5. The molecule has 2 rings (SSSR count). The summed E-state index contributed by atoms with van der Waals surface area (Å²) in [6, 6.07) is 8.93.